The van der Waals surface area contributed by atoms with Crippen molar-refractivity contribution in [2.45, 2.75) is 25.3 Å². The molecule has 2 amide bonds. The van der Waals surface area contributed by atoms with Gasteiger partial charge in [0.2, 0.25) is 5.95 Å². The number of benzene rings is 1. The summed E-state index contributed by atoms with van der Waals surface area (Å²) >= 11 is 1.29. The van der Waals surface area contributed by atoms with Crippen LogP contribution in [-0.4, -0.2) is 51.6 Å². The molecule has 3 N–H and O–H groups in total. The first-order valence-corrected chi connectivity index (χ1v) is 10.7. The number of alkyl halides is 6. The van der Waals surface area contributed by atoms with Gasteiger partial charge in [0.05, 0.1) is 22.3 Å². The van der Waals surface area contributed by atoms with Crippen LogP contribution in [0.4, 0.5) is 48.6 Å². The van der Waals surface area contributed by atoms with Gasteiger partial charge < -0.3 is 20.9 Å². The van der Waals surface area contributed by atoms with E-state index in [2.05, 4.69) is 20.3 Å². The maximum atomic E-state index is 13.4. The molecule has 8 nitrogen and oxygen atoms in total. The first kappa shape index (κ1) is 23.8. The predicted octanol–water partition coefficient (Wildman–Crippen LogP) is 4.45. The van der Waals surface area contributed by atoms with Gasteiger partial charge in [-0.3, -0.25) is 0 Å². The number of urea groups is 1. The van der Waals surface area contributed by atoms with Crippen LogP contribution in [0.15, 0.2) is 23.7 Å². The van der Waals surface area contributed by atoms with E-state index in [9.17, 15) is 31.1 Å². The second-order valence-corrected chi connectivity index (χ2v) is 8.42. The second-order valence-electron chi connectivity index (χ2n) is 7.59. The molecule has 34 heavy (non-hydrogen) atoms. The molecule has 1 fully saturated rings. The standard InChI is InChI=1S/C19H17F6N7OS/c1-9-7-31(4-5-32(9)14-13-15(34-8-27-13)30-16(26)29-14)17(33)28-12-3-2-10(18(20,21)22)6-11(12)19(23,24)25/h2-3,6,8-9H,4-5,7H2,1H3,(H,28,33)(H2,26,29,30). The molecular weight excluding hydrogens is 488 g/mol. The molecule has 0 radical (unpaired) electrons. The van der Waals surface area contributed by atoms with E-state index in [0.717, 1.165) is 0 Å². The summed E-state index contributed by atoms with van der Waals surface area (Å²) in [5, 5.41) is 2.10. The molecule has 1 aliphatic heterocycles. The molecule has 4 rings (SSSR count). The van der Waals surface area contributed by atoms with Gasteiger partial charge in [-0.05, 0) is 25.1 Å². The fraction of sp³-hybridized carbons (Fsp3) is 0.368. The van der Waals surface area contributed by atoms with Gasteiger partial charge in [0.15, 0.2) is 10.6 Å². The maximum Gasteiger partial charge on any atom is 0.418 e. The Morgan fingerprint density at radius 2 is 1.88 bits per heavy atom. The number of aromatic nitrogens is 3. The van der Waals surface area contributed by atoms with Crippen molar-refractivity contribution in [2.24, 2.45) is 0 Å². The second kappa shape index (κ2) is 8.45. The Hall–Kier alpha value is -3.36. The minimum atomic E-state index is -5.10. The fourth-order valence-corrected chi connectivity index (χ4v) is 4.34. The Kier molecular flexibility index (Phi) is 5.91. The number of nitrogens with zero attached hydrogens (tertiary/aromatic N) is 5. The van der Waals surface area contributed by atoms with Gasteiger partial charge >= 0.3 is 18.4 Å². The summed E-state index contributed by atoms with van der Waals surface area (Å²) in [5.41, 5.74) is 4.12. The topological polar surface area (TPSA) is 100 Å². The molecule has 0 bridgehead atoms. The van der Waals surface area contributed by atoms with Crippen LogP contribution < -0.4 is 16.0 Å². The average molecular weight is 505 g/mol. The highest BCUT2D eigenvalue weighted by Crippen LogP contribution is 2.39. The number of nitrogen functional groups attached to an aromatic ring is 1. The molecule has 182 valence electrons. The number of amides is 2. The van der Waals surface area contributed by atoms with Gasteiger partial charge in [-0.2, -0.15) is 31.3 Å². The lowest BCUT2D eigenvalue weighted by Gasteiger charge is -2.40. The highest BCUT2D eigenvalue weighted by atomic mass is 32.1. The first-order chi connectivity index (χ1) is 15.8. The van der Waals surface area contributed by atoms with Crippen molar-refractivity contribution in [3.05, 3.63) is 34.8 Å². The van der Waals surface area contributed by atoms with E-state index in [1.54, 1.807) is 12.4 Å². The number of nitrogens with two attached hydrogens (primary N) is 1. The Morgan fingerprint density at radius 1 is 1.15 bits per heavy atom. The number of fused-ring (bicyclic) bond motifs is 1. The van der Waals surface area contributed by atoms with Crippen molar-refractivity contribution in [1.29, 1.82) is 0 Å². The third kappa shape index (κ3) is 4.64. The molecule has 2 aromatic heterocycles. The van der Waals surface area contributed by atoms with Crippen molar-refractivity contribution >= 4 is 45.2 Å². The lowest BCUT2D eigenvalue weighted by Crippen LogP contribution is -2.55. The molecule has 3 aromatic rings. The monoisotopic (exact) mass is 505 g/mol. The molecule has 1 aromatic carbocycles. The summed E-state index contributed by atoms with van der Waals surface area (Å²) in [6.07, 6.45) is -10.1. The zero-order valence-corrected chi connectivity index (χ0v) is 18.2. The number of hydrogen-bond donors (Lipinski definition) is 2. The Labute approximate surface area is 192 Å². The molecule has 0 aliphatic carbocycles. The smallest absolute Gasteiger partial charge is 0.368 e. The van der Waals surface area contributed by atoms with Gasteiger partial charge in [0, 0.05) is 25.7 Å². The van der Waals surface area contributed by atoms with Crippen LogP contribution in [0.1, 0.15) is 18.1 Å². The highest BCUT2D eigenvalue weighted by Gasteiger charge is 2.39. The number of carbonyl (C=O) groups excluding carboxylic acids is 1. The van der Waals surface area contributed by atoms with E-state index in [4.69, 9.17) is 5.73 Å². The first-order valence-electron chi connectivity index (χ1n) is 9.82. The minimum Gasteiger partial charge on any atom is -0.368 e. The van der Waals surface area contributed by atoms with Crippen LogP contribution in [0.25, 0.3) is 10.3 Å². The molecule has 1 aliphatic rings. The van der Waals surface area contributed by atoms with Crippen molar-refractivity contribution < 1.29 is 31.1 Å². The zero-order valence-electron chi connectivity index (χ0n) is 17.4. The predicted molar refractivity (Wildman–Crippen MR) is 113 cm³/mol. The summed E-state index contributed by atoms with van der Waals surface area (Å²) in [4.78, 5) is 29.1. The van der Waals surface area contributed by atoms with Crippen LogP contribution in [-0.2, 0) is 12.4 Å². The van der Waals surface area contributed by atoms with E-state index in [0.29, 0.717) is 28.3 Å². The molecule has 1 atom stereocenters. The number of hydrogen-bond acceptors (Lipinski definition) is 7. The number of nitrogens with one attached hydrogen (secondary N) is 1. The number of rotatable bonds is 2. The van der Waals surface area contributed by atoms with Gasteiger partial charge in [-0.25, -0.2) is 14.8 Å². The largest absolute Gasteiger partial charge is 0.418 e. The lowest BCUT2D eigenvalue weighted by atomic mass is 10.1. The number of thiazole rings is 1. The summed E-state index contributed by atoms with van der Waals surface area (Å²) in [6, 6.07) is -0.101. The van der Waals surface area contributed by atoms with E-state index in [-0.39, 0.29) is 37.7 Å². The van der Waals surface area contributed by atoms with E-state index < -0.39 is 35.2 Å². The molecule has 0 spiro atoms. The quantitative estimate of drug-likeness (QED) is 0.500. The van der Waals surface area contributed by atoms with E-state index in [1.807, 2.05) is 4.90 Å². The maximum absolute atomic E-state index is 13.4. The van der Waals surface area contributed by atoms with Gasteiger partial charge in [0.25, 0.3) is 0 Å². The number of piperazine rings is 1. The van der Waals surface area contributed by atoms with Crippen LogP contribution in [0.3, 0.4) is 0 Å². The summed E-state index contributed by atoms with van der Waals surface area (Å²) in [7, 11) is 0. The molecule has 3 heterocycles. The van der Waals surface area contributed by atoms with Gasteiger partial charge in [0.1, 0.15) is 5.52 Å². The summed E-state index contributed by atoms with van der Waals surface area (Å²) in [6.45, 7) is 2.29. The van der Waals surface area contributed by atoms with E-state index in [1.165, 1.54) is 16.2 Å². The Morgan fingerprint density at radius 3 is 2.53 bits per heavy atom. The average Bonchev–Trinajstić information content (AvgIpc) is 3.20. The van der Waals surface area contributed by atoms with Crippen LogP contribution >= 0.6 is 11.3 Å². The van der Waals surface area contributed by atoms with Crippen molar-refractivity contribution in [3.8, 4) is 0 Å². The van der Waals surface area contributed by atoms with Gasteiger partial charge in [-0.15, -0.1) is 11.3 Å². The molecule has 15 heteroatoms. The third-order valence-corrected chi connectivity index (χ3v) is 6.00. The number of halogens is 6. The molecule has 0 saturated carbocycles. The molecule has 1 unspecified atom stereocenters. The van der Waals surface area contributed by atoms with Crippen LogP contribution in [0.2, 0.25) is 0 Å². The van der Waals surface area contributed by atoms with Crippen LogP contribution in [0.5, 0.6) is 0 Å². The van der Waals surface area contributed by atoms with Gasteiger partial charge in [-0.1, -0.05) is 0 Å². The van der Waals surface area contributed by atoms with Crippen molar-refractivity contribution in [1.82, 2.24) is 19.9 Å². The van der Waals surface area contributed by atoms with Crippen molar-refractivity contribution in [3.63, 3.8) is 0 Å². The Balaban J connectivity index is 1.52. The number of carbonyl (C=O) groups is 1. The fourth-order valence-electron chi connectivity index (χ4n) is 3.68. The van der Waals surface area contributed by atoms with E-state index >= 15 is 0 Å². The lowest BCUT2D eigenvalue weighted by molar-refractivity contribution is -0.142. The Bertz CT molecular complexity index is 1230. The molecule has 1 saturated heterocycles. The minimum absolute atomic E-state index is 0.0191. The highest BCUT2D eigenvalue weighted by molar-refractivity contribution is 7.16. The summed E-state index contributed by atoms with van der Waals surface area (Å²) in [5.74, 6) is 0.541. The number of anilines is 3. The van der Waals surface area contributed by atoms with Crippen molar-refractivity contribution in [2.75, 3.05) is 35.6 Å². The zero-order chi connectivity index (χ0) is 24.8. The normalized spacial score (nSPS) is 17.3. The SMILES string of the molecule is CC1CN(C(=O)Nc2ccc(C(F)(F)F)cc2C(F)(F)F)CCN1c1nc(N)nc2scnc12. The third-order valence-electron chi connectivity index (χ3n) is 5.28. The molecular formula is C19H17F6N7OS. The summed E-state index contributed by atoms with van der Waals surface area (Å²) < 4.78 is 78.8. The van der Waals surface area contributed by atoms with Crippen LogP contribution in [0, 0.1) is 0 Å².